The largest absolute Gasteiger partial charge is 0.145 e. The zero-order valence-corrected chi connectivity index (χ0v) is 7.38. The Morgan fingerprint density at radius 2 is 2.33 bits per heavy atom. The average molecular weight is 182 g/mol. The minimum absolute atomic E-state index is 0.658. The van der Waals surface area contributed by atoms with Crippen LogP contribution >= 0.6 is 11.6 Å². The fourth-order valence-corrected chi connectivity index (χ4v) is 1.08. The van der Waals surface area contributed by atoms with E-state index in [-0.39, 0.29) is 0 Å². The summed E-state index contributed by atoms with van der Waals surface area (Å²) in [6.07, 6.45) is 1.27. The molecule has 0 saturated heterocycles. The van der Waals surface area contributed by atoms with Crippen molar-refractivity contribution in [1.82, 2.24) is 0 Å². The van der Waals surface area contributed by atoms with Gasteiger partial charge in [-0.3, -0.25) is 0 Å². The molecule has 2 nitrogen and oxygen atoms in total. The first kappa shape index (κ1) is 8.94. The first-order valence-corrected chi connectivity index (χ1v) is 3.87. The van der Waals surface area contributed by atoms with E-state index in [2.05, 4.69) is 5.18 Å². The smallest absolute Gasteiger partial charge is 0.0750 e. The molecule has 62 valence electrons. The predicted octanol–water partition coefficient (Wildman–Crippen LogP) is 3.47. The molecule has 0 amide bonds. The fourth-order valence-electron chi connectivity index (χ4n) is 0.887. The van der Waals surface area contributed by atoms with Crippen LogP contribution in [-0.2, 0) is 0 Å². The van der Waals surface area contributed by atoms with Crippen molar-refractivity contribution in [3.63, 3.8) is 0 Å². The summed E-state index contributed by atoms with van der Waals surface area (Å²) in [5.41, 5.74) is 1.73. The van der Waals surface area contributed by atoms with Gasteiger partial charge in [0.25, 0.3) is 0 Å². The zero-order chi connectivity index (χ0) is 8.97. The molecule has 0 aromatic heterocycles. The van der Waals surface area contributed by atoms with E-state index in [1.165, 1.54) is 6.20 Å². The standard InChI is InChI=1S/C9H8ClNO/c1-7(6-11-12)8-3-2-4-9(10)5-8/h2-6H,1H3. The lowest BCUT2D eigenvalue weighted by Crippen LogP contribution is -1.77. The SMILES string of the molecule is CC(=CN=O)c1cccc(Cl)c1. The highest BCUT2D eigenvalue weighted by Gasteiger charge is 1.95. The molecule has 0 atom stereocenters. The third kappa shape index (κ3) is 2.17. The van der Waals surface area contributed by atoms with Crippen LogP contribution in [0.2, 0.25) is 5.02 Å². The van der Waals surface area contributed by atoms with Crippen LogP contribution in [0.15, 0.2) is 35.6 Å². The summed E-state index contributed by atoms with van der Waals surface area (Å²) in [5, 5.41) is 3.35. The van der Waals surface area contributed by atoms with Crippen molar-refractivity contribution >= 4 is 17.2 Å². The van der Waals surface area contributed by atoms with Gasteiger partial charge in [0, 0.05) is 5.02 Å². The molecule has 1 aromatic rings. The Bertz CT molecular complexity index is 320. The molecule has 0 fully saturated rings. The Morgan fingerprint density at radius 1 is 1.58 bits per heavy atom. The van der Waals surface area contributed by atoms with Crippen molar-refractivity contribution in [2.75, 3.05) is 0 Å². The van der Waals surface area contributed by atoms with E-state index >= 15 is 0 Å². The Kier molecular flexibility index (Phi) is 3.00. The third-order valence-electron chi connectivity index (χ3n) is 1.53. The van der Waals surface area contributed by atoms with Gasteiger partial charge in [-0.2, -0.15) is 0 Å². The quantitative estimate of drug-likeness (QED) is 0.643. The van der Waals surface area contributed by atoms with Gasteiger partial charge in [-0.15, -0.1) is 4.91 Å². The predicted molar refractivity (Wildman–Crippen MR) is 50.9 cm³/mol. The lowest BCUT2D eigenvalue weighted by Gasteiger charge is -1.98. The Hall–Kier alpha value is -1.15. The zero-order valence-electron chi connectivity index (χ0n) is 6.62. The highest BCUT2D eigenvalue weighted by atomic mass is 35.5. The molecule has 0 heterocycles. The van der Waals surface area contributed by atoms with E-state index in [0.717, 1.165) is 11.1 Å². The van der Waals surface area contributed by atoms with Crippen LogP contribution in [0.3, 0.4) is 0 Å². The molecule has 0 saturated carbocycles. The molecule has 0 aliphatic rings. The van der Waals surface area contributed by atoms with Gasteiger partial charge in [0.15, 0.2) is 0 Å². The topological polar surface area (TPSA) is 29.4 Å². The van der Waals surface area contributed by atoms with Crippen LogP contribution in [0.1, 0.15) is 12.5 Å². The molecule has 0 radical (unpaired) electrons. The molecule has 0 bridgehead atoms. The number of rotatable bonds is 2. The Morgan fingerprint density at radius 3 is 2.92 bits per heavy atom. The minimum Gasteiger partial charge on any atom is -0.145 e. The van der Waals surface area contributed by atoms with Crippen LogP contribution in [0.25, 0.3) is 5.57 Å². The van der Waals surface area contributed by atoms with Crippen molar-refractivity contribution in [1.29, 1.82) is 0 Å². The lowest BCUT2D eigenvalue weighted by atomic mass is 10.1. The van der Waals surface area contributed by atoms with Crippen molar-refractivity contribution in [3.05, 3.63) is 46.0 Å². The Balaban J connectivity index is 3.03. The van der Waals surface area contributed by atoms with Crippen LogP contribution in [0.5, 0.6) is 0 Å². The molecule has 0 N–H and O–H groups in total. The molecule has 0 unspecified atom stereocenters. The van der Waals surface area contributed by atoms with Gasteiger partial charge in [0.2, 0.25) is 0 Å². The van der Waals surface area contributed by atoms with Crippen molar-refractivity contribution in [2.24, 2.45) is 5.18 Å². The molecule has 1 aromatic carbocycles. The third-order valence-corrected chi connectivity index (χ3v) is 1.76. The normalized spacial score (nSPS) is 11.3. The minimum atomic E-state index is 0.658. The second-order valence-electron chi connectivity index (χ2n) is 2.43. The van der Waals surface area contributed by atoms with E-state index in [4.69, 9.17) is 11.6 Å². The molecule has 0 aliphatic heterocycles. The summed E-state index contributed by atoms with van der Waals surface area (Å²) in [5.74, 6) is 0. The maximum Gasteiger partial charge on any atom is 0.0750 e. The van der Waals surface area contributed by atoms with E-state index in [1.54, 1.807) is 12.1 Å². The van der Waals surface area contributed by atoms with Crippen LogP contribution in [0, 0.1) is 4.91 Å². The molecular formula is C9H8ClNO. The number of hydrogen-bond donors (Lipinski definition) is 0. The van der Waals surface area contributed by atoms with Gasteiger partial charge in [0.1, 0.15) is 0 Å². The second kappa shape index (κ2) is 4.02. The average Bonchev–Trinajstić information content (AvgIpc) is 2.05. The van der Waals surface area contributed by atoms with Gasteiger partial charge in [0.05, 0.1) is 6.20 Å². The van der Waals surface area contributed by atoms with Gasteiger partial charge in [-0.05, 0) is 35.4 Å². The lowest BCUT2D eigenvalue weighted by molar-refractivity contribution is 1.48. The van der Waals surface area contributed by atoms with Gasteiger partial charge < -0.3 is 0 Å². The van der Waals surface area contributed by atoms with Gasteiger partial charge in [-0.25, -0.2) is 0 Å². The van der Waals surface area contributed by atoms with E-state index in [1.807, 2.05) is 19.1 Å². The number of nitroso groups, excluding NO2 is 1. The molecular weight excluding hydrogens is 174 g/mol. The highest BCUT2D eigenvalue weighted by molar-refractivity contribution is 6.30. The van der Waals surface area contributed by atoms with Crippen molar-refractivity contribution < 1.29 is 0 Å². The van der Waals surface area contributed by atoms with Crippen molar-refractivity contribution in [2.45, 2.75) is 6.92 Å². The maximum absolute atomic E-state index is 9.91. The second-order valence-corrected chi connectivity index (χ2v) is 2.86. The molecule has 0 spiro atoms. The number of nitrogens with zero attached hydrogens (tertiary/aromatic N) is 1. The van der Waals surface area contributed by atoms with Gasteiger partial charge >= 0.3 is 0 Å². The van der Waals surface area contributed by atoms with Crippen LogP contribution < -0.4 is 0 Å². The number of benzene rings is 1. The first-order valence-electron chi connectivity index (χ1n) is 3.49. The van der Waals surface area contributed by atoms with E-state index in [0.29, 0.717) is 5.02 Å². The monoisotopic (exact) mass is 181 g/mol. The summed E-state index contributed by atoms with van der Waals surface area (Å²) in [4.78, 5) is 9.91. The first-order chi connectivity index (χ1) is 5.74. The van der Waals surface area contributed by atoms with Crippen LogP contribution in [-0.4, -0.2) is 0 Å². The molecule has 3 heteroatoms. The van der Waals surface area contributed by atoms with Crippen LogP contribution in [0.4, 0.5) is 0 Å². The Labute approximate surface area is 75.8 Å². The van der Waals surface area contributed by atoms with E-state index in [9.17, 15) is 4.91 Å². The summed E-state index contributed by atoms with van der Waals surface area (Å²) in [6, 6.07) is 7.29. The number of allylic oxidation sites excluding steroid dienone is 1. The fraction of sp³-hybridized carbons (Fsp3) is 0.111. The molecule has 12 heavy (non-hydrogen) atoms. The van der Waals surface area contributed by atoms with E-state index < -0.39 is 0 Å². The number of halogens is 1. The summed E-state index contributed by atoms with van der Waals surface area (Å²) < 4.78 is 0. The summed E-state index contributed by atoms with van der Waals surface area (Å²) >= 11 is 5.75. The highest BCUT2D eigenvalue weighted by Crippen LogP contribution is 2.17. The summed E-state index contributed by atoms with van der Waals surface area (Å²) in [7, 11) is 0. The molecule has 0 aliphatic carbocycles. The summed E-state index contributed by atoms with van der Waals surface area (Å²) in [6.45, 7) is 1.81. The molecule has 1 rings (SSSR count). The van der Waals surface area contributed by atoms with Gasteiger partial charge in [-0.1, -0.05) is 23.7 Å². The maximum atomic E-state index is 9.91. The van der Waals surface area contributed by atoms with Crippen molar-refractivity contribution in [3.8, 4) is 0 Å². The number of hydrogen-bond acceptors (Lipinski definition) is 2.